The minimum absolute atomic E-state index is 0. The first kappa shape index (κ1) is 49.7. The van der Waals surface area contributed by atoms with E-state index in [1.54, 1.807) is 0 Å². The van der Waals surface area contributed by atoms with Gasteiger partial charge in [0.05, 0.1) is 17.6 Å². The normalized spacial score (nSPS) is 12.2. The number of aromatic nitrogens is 2. The van der Waals surface area contributed by atoms with Crippen LogP contribution in [-0.4, -0.2) is 59.0 Å². The molecule has 0 saturated carbocycles. The van der Waals surface area contributed by atoms with Crippen LogP contribution in [0.1, 0.15) is 111 Å². The average molecular weight is 830 g/mol. The Labute approximate surface area is 310 Å². The van der Waals surface area contributed by atoms with E-state index in [0.29, 0.717) is 6.54 Å². The maximum Gasteiger partial charge on any atom is 0.132 e. The molecule has 0 fully saturated rings. The molecule has 3 N–H and O–H groups in total. The predicted octanol–water partition coefficient (Wildman–Crippen LogP) is 10.0. The van der Waals surface area contributed by atoms with Crippen molar-refractivity contribution >= 4 is 27.6 Å². The number of nitrogens with one attached hydrogen (secondary N) is 1. The summed E-state index contributed by atoms with van der Waals surface area (Å²) >= 11 is 0. The number of aliphatic imine (C=N–C) groups is 1. The van der Waals surface area contributed by atoms with E-state index in [4.69, 9.17) is 15.7 Å². The summed E-state index contributed by atoms with van der Waals surface area (Å²) in [5.74, 6) is 1.09. The van der Waals surface area contributed by atoms with Gasteiger partial charge in [0, 0.05) is 56.8 Å². The van der Waals surface area contributed by atoms with Crippen LogP contribution in [0, 0.1) is 33.8 Å². The van der Waals surface area contributed by atoms with Crippen LogP contribution in [0.5, 0.6) is 0 Å². The van der Waals surface area contributed by atoms with Crippen LogP contribution in [0.4, 0.5) is 0 Å². The number of fused-ring (bicyclic) bond motifs is 2. The predicted molar refractivity (Wildman–Crippen MR) is 212 cm³/mol. The first-order chi connectivity index (χ1) is 22.3. The third-order valence-corrected chi connectivity index (χ3v) is 7.69. The van der Waals surface area contributed by atoms with Gasteiger partial charge in [-0.25, -0.2) is 0 Å². The van der Waals surface area contributed by atoms with Crippen LogP contribution in [0.15, 0.2) is 53.5 Å². The summed E-state index contributed by atoms with van der Waals surface area (Å²) in [5.41, 5.74) is 13.4. The Morgan fingerprint density at radius 1 is 0.812 bits per heavy atom. The first-order valence-electron chi connectivity index (χ1n) is 17.6. The fourth-order valence-corrected chi connectivity index (χ4v) is 4.07. The number of nitrogens with two attached hydrogens (primary N) is 1. The molecule has 0 saturated heterocycles. The van der Waals surface area contributed by atoms with Crippen LogP contribution in [0.3, 0.4) is 0 Å². The van der Waals surface area contributed by atoms with E-state index in [0.717, 1.165) is 45.8 Å². The van der Waals surface area contributed by atoms with E-state index < -0.39 is 0 Å². The number of benzene rings is 2. The smallest absolute Gasteiger partial charge is 0.132 e. The van der Waals surface area contributed by atoms with Crippen LogP contribution < -0.4 is 11.1 Å². The van der Waals surface area contributed by atoms with Crippen LogP contribution >= 0.6 is 0 Å². The summed E-state index contributed by atoms with van der Waals surface area (Å²) in [4.78, 5) is 16.2. The molecule has 4 aromatic rings. The summed E-state index contributed by atoms with van der Waals surface area (Å²) < 4.78 is 0. The number of amidine groups is 1. The van der Waals surface area contributed by atoms with Crippen molar-refractivity contribution in [3.05, 3.63) is 82.7 Å². The molecule has 0 aliphatic carbocycles. The van der Waals surface area contributed by atoms with Gasteiger partial charge < -0.3 is 20.9 Å². The van der Waals surface area contributed by atoms with E-state index in [2.05, 4.69) is 88.1 Å². The molecule has 48 heavy (non-hydrogen) atoms. The SMILES string of the molecule is CC.CC.CC.CC.CNC(C)(C)CN.Cc1[c-]c2ccccc2nc1C.Cc1nc2ccccc2c(C2=NCC(C)(C)N2C)c1C.[W]. The monoisotopic (exact) mass is 830 g/mol. The number of hydrogen-bond donors (Lipinski definition) is 2. The van der Waals surface area contributed by atoms with E-state index in [9.17, 15) is 0 Å². The fourth-order valence-electron chi connectivity index (χ4n) is 4.07. The second-order valence-corrected chi connectivity index (χ2v) is 11.5. The van der Waals surface area contributed by atoms with Crippen LogP contribution in [-0.2, 0) is 21.1 Å². The Bertz CT molecular complexity index is 1430. The molecule has 6 nitrogen and oxygen atoms in total. The third kappa shape index (κ3) is 14.4. The molecule has 0 atom stereocenters. The Balaban J connectivity index is -0.000000621. The summed E-state index contributed by atoms with van der Waals surface area (Å²) in [5, 5.41) is 5.36. The minimum Gasteiger partial charge on any atom is -0.352 e. The fraction of sp³-hybridized carbons (Fsp3) is 0.537. The minimum atomic E-state index is 0. The van der Waals surface area contributed by atoms with Gasteiger partial charge in [-0.3, -0.25) is 9.98 Å². The van der Waals surface area contributed by atoms with E-state index in [1.165, 1.54) is 16.5 Å². The second kappa shape index (κ2) is 25.3. The zero-order valence-electron chi connectivity index (χ0n) is 33.8. The number of pyridine rings is 2. The van der Waals surface area contributed by atoms with Crippen molar-refractivity contribution in [1.82, 2.24) is 20.2 Å². The third-order valence-electron chi connectivity index (χ3n) is 7.69. The quantitative estimate of drug-likeness (QED) is 0.201. The van der Waals surface area contributed by atoms with Crippen molar-refractivity contribution in [2.45, 2.75) is 122 Å². The zero-order valence-corrected chi connectivity index (χ0v) is 36.7. The Morgan fingerprint density at radius 2 is 1.29 bits per heavy atom. The van der Waals surface area contributed by atoms with E-state index in [-0.39, 0.29) is 32.1 Å². The van der Waals surface area contributed by atoms with Gasteiger partial charge in [-0.2, -0.15) is 0 Å². The van der Waals surface area contributed by atoms with Gasteiger partial charge in [0.1, 0.15) is 5.84 Å². The van der Waals surface area contributed by atoms with Crippen molar-refractivity contribution in [3.63, 3.8) is 0 Å². The standard InChI is InChI=1S/C17H21N3.C11H10N.C5H14N2.4C2H6.W/c1-11-12(2)19-14-9-7-6-8-13(14)15(11)16-18-10-17(3,4)20(16)5;1-8-7-10-5-3-4-6-11(10)12-9(8)2;1-5(2,4-6)7-3;4*1-2;/h6-9H,10H2,1-5H3;3-6H,1-2H3;7H,4,6H2,1-3H3;4*1-2H3;/q;-1;;;;;;. The van der Waals surface area contributed by atoms with Gasteiger partial charge in [0.2, 0.25) is 0 Å². The number of para-hydroxylation sites is 2. The summed E-state index contributed by atoms with van der Waals surface area (Å²) in [6.07, 6.45) is 0. The maximum absolute atomic E-state index is 5.35. The molecule has 5 rings (SSSR count). The molecule has 0 amide bonds. The largest absolute Gasteiger partial charge is 0.352 e. The summed E-state index contributed by atoms with van der Waals surface area (Å²) in [6.45, 7) is 34.4. The Morgan fingerprint density at radius 3 is 1.75 bits per heavy atom. The van der Waals surface area contributed by atoms with Crippen LogP contribution in [0.25, 0.3) is 21.8 Å². The molecule has 1 aliphatic heterocycles. The number of hydrogen-bond acceptors (Lipinski definition) is 6. The molecule has 1 aliphatic rings. The molecular weight excluding hydrogens is 760 g/mol. The molecule has 270 valence electrons. The van der Waals surface area contributed by atoms with Crippen molar-refractivity contribution in [2.24, 2.45) is 10.7 Å². The molecule has 0 radical (unpaired) electrons. The summed E-state index contributed by atoms with van der Waals surface area (Å²) in [6, 6.07) is 19.7. The average Bonchev–Trinajstić information content (AvgIpc) is 3.37. The molecule has 2 aromatic heterocycles. The van der Waals surface area contributed by atoms with Gasteiger partial charge >= 0.3 is 0 Å². The zero-order chi connectivity index (χ0) is 37.0. The van der Waals surface area contributed by atoms with Gasteiger partial charge in [-0.05, 0) is 71.4 Å². The first-order valence-corrected chi connectivity index (χ1v) is 17.6. The molecule has 7 heteroatoms. The van der Waals surface area contributed by atoms with Crippen molar-refractivity contribution in [2.75, 3.05) is 27.2 Å². The van der Waals surface area contributed by atoms with Gasteiger partial charge in [0.25, 0.3) is 0 Å². The summed E-state index contributed by atoms with van der Waals surface area (Å²) in [7, 11) is 4.04. The molecule has 0 unspecified atom stereocenters. The molecule has 2 aromatic carbocycles. The van der Waals surface area contributed by atoms with Crippen molar-refractivity contribution in [3.8, 4) is 0 Å². The number of nitrogens with zero attached hydrogens (tertiary/aromatic N) is 4. The molecule has 3 heterocycles. The molecule has 0 bridgehead atoms. The van der Waals surface area contributed by atoms with E-state index in [1.807, 2.05) is 107 Å². The molecule has 0 spiro atoms. The number of likely N-dealkylation sites (N-methyl/N-ethyl adjacent to an activating group) is 2. The topological polar surface area (TPSA) is 79.4 Å². The van der Waals surface area contributed by atoms with E-state index >= 15 is 0 Å². The second-order valence-electron chi connectivity index (χ2n) is 11.5. The Hall–Kier alpha value is -2.66. The van der Waals surface area contributed by atoms with Crippen molar-refractivity contribution in [1.29, 1.82) is 0 Å². The van der Waals surface area contributed by atoms with Gasteiger partial charge in [0.15, 0.2) is 0 Å². The molecular formula is C41H69N6W-. The Kier molecular flexibility index (Phi) is 26.2. The van der Waals surface area contributed by atoms with Crippen LogP contribution in [0.2, 0.25) is 0 Å². The maximum atomic E-state index is 5.35. The number of rotatable bonds is 3. The van der Waals surface area contributed by atoms with Gasteiger partial charge in [-0.15, -0.1) is 29.1 Å². The number of aryl methyl sites for hydroxylation is 3. The van der Waals surface area contributed by atoms with Crippen molar-refractivity contribution < 1.29 is 21.1 Å². The van der Waals surface area contributed by atoms with Gasteiger partial charge in [-0.1, -0.05) is 99.6 Å².